The third-order valence-electron chi connectivity index (χ3n) is 9.90. The number of aliphatic hydroxyl groups is 1. The largest absolute Gasteiger partial charge is 0.463 e. The summed E-state index contributed by atoms with van der Waals surface area (Å²) in [7, 11) is 0. The molecule has 0 radical (unpaired) electrons. The van der Waals surface area contributed by atoms with Crippen molar-refractivity contribution in [2.45, 2.75) is 42.7 Å². The minimum Gasteiger partial charge on any atom is -0.463 e. The van der Waals surface area contributed by atoms with Crippen molar-refractivity contribution < 1.29 is 33.8 Å². The molecular formula is C38H35BrClN3O7. The van der Waals surface area contributed by atoms with Crippen LogP contribution in [-0.2, 0) is 28.7 Å². The summed E-state index contributed by atoms with van der Waals surface area (Å²) in [5.74, 6) is -4.02. The molecule has 12 heteroatoms. The molecule has 3 aromatic carbocycles. The van der Waals surface area contributed by atoms with E-state index in [4.69, 9.17) is 21.1 Å². The molecule has 3 aromatic rings. The molecule has 7 atom stereocenters. The van der Waals surface area contributed by atoms with Gasteiger partial charge in [-0.25, -0.2) is 0 Å². The standard InChI is InChI=1S/C38H35BrClN3O7/c39-27-20-38-32-31(33(27)50-38)35(46)41-28(23-10-4-1-5-11-23)22-49-30(45)14-8-3-9-19-42(26-17-15-25(40)16-18-26)37(48)34(38)43(36(32)47)29(21-44)24-12-6-2-7-13-24/h1-7,9-13,15-18,20,28-29,31-34,44H,8,14,19,21-22H2,(H,41,46)/b9-3-/t28-,29+,31-,32+,33-,34-,38+/m0/s1. The van der Waals surface area contributed by atoms with Gasteiger partial charge in [-0.3, -0.25) is 19.2 Å². The van der Waals surface area contributed by atoms with E-state index in [0.717, 1.165) is 5.56 Å². The molecule has 2 fully saturated rings. The quantitative estimate of drug-likeness (QED) is 0.276. The minimum atomic E-state index is -1.54. The van der Waals surface area contributed by atoms with Crippen molar-refractivity contribution >= 4 is 56.9 Å². The third kappa shape index (κ3) is 6.06. The van der Waals surface area contributed by atoms with Gasteiger partial charge in [-0.2, -0.15) is 0 Å². The summed E-state index contributed by atoms with van der Waals surface area (Å²) >= 11 is 9.83. The van der Waals surface area contributed by atoms with Gasteiger partial charge in [0.2, 0.25) is 11.8 Å². The van der Waals surface area contributed by atoms with Crippen molar-refractivity contribution in [1.82, 2.24) is 10.2 Å². The molecule has 10 nitrogen and oxygen atoms in total. The Balaban J connectivity index is 1.38. The number of anilines is 1. The first-order chi connectivity index (χ1) is 24.2. The SMILES string of the molecule is O=C1CC/C=C\CN(c2ccc(Cl)cc2)C(=O)[C@@H]2N([C@H](CO)c3ccccc3)C(=O)[C@H]3[C@H](C(=O)N[C@H](c4ccccc4)CO1)[C@H]1O[C@@]23C=C1Br. The van der Waals surface area contributed by atoms with Crippen molar-refractivity contribution in [3.63, 3.8) is 0 Å². The Morgan fingerprint density at radius 3 is 2.34 bits per heavy atom. The number of carbonyl (C=O) groups is 4. The van der Waals surface area contributed by atoms with E-state index in [1.807, 2.05) is 36.4 Å². The lowest BCUT2D eigenvalue weighted by atomic mass is 9.74. The van der Waals surface area contributed by atoms with Crippen LogP contribution in [0.5, 0.6) is 0 Å². The lowest BCUT2D eigenvalue weighted by molar-refractivity contribution is -0.146. The summed E-state index contributed by atoms with van der Waals surface area (Å²) in [6, 6.07) is 22.0. The summed E-state index contributed by atoms with van der Waals surface area (Å²) in [5.41, 5.74) is 0.320. The molecule has 4 aliphatic rings. The normalized spacial score (nSPS) is 29.7. The number of ether oxygens (including phenoxy) is 2. The fourth-order valence-electron chi connectivity index (χ4n) is 7.61. The van der Waals surface area contributed by atoms with E-state index in [0.29, 0.717) is 27.2 Å². The molecular weight excluding hydrogens is 726 g/mol. The average Bonchev–Trinajstić information content (AvgIpc) is 3.72. The highest BCUT2D eigenvalue weighted by molar-refractivity contribution is 9.11. The summed E-state index contributed by atoms with van der Waals surface area (Å²) in [4.78, 5) is 60.3. The number of nitrogens with one attached hydrogen (secondary N) is 1. The van der Waals surface area contributed by atoms with Crippen molar-refractivity contribution in [1.29, 1.82) is 0 Å². The molecule has 2 N–H and O–H groups in total. The molecule has 0 aromatic heterocycles. The van der Waals surface area contributed by atoms with Crippen molar-refractivity contribution in [2.75, 3.05) is 24.7 Å². The van der Waals surface area contributed by atoms with Gasteiger partial charge in [0, 0.05) is 28.2 Å². The van der Waals surface area contributed by atoms with Gasteiger partial charge < -0.3 is 29.7 Å². The zero-order chi connectivity index (χ0) is 35.0. The first kappa shape index (κ1) is 34.2. The number of aliphatic hydroxyl groups excluding tert-OH is 1. The molecule has 0 saturated carbocycles. The minimum absolute atomic E-state index is 0.0955. The molecule has 4 aliphatic heterocycles. The molecule has 5 bridgehead atoms. The lowest BCUT2D eigenvalue weighted by Crippen LogP contribution is -2.57. The fraction of sp³-hybridized carbons (Fsp3) is 0.316. The maximum Gasteiger partial charge on any atom is 0.306 e. The van der Waals surface area contributed by atoms with E-state index < -0.39 is 72.0 Å². The van der Waals surface area contributed by atoms with Crippen LogP contribution in [0.4, 0.5) is 5.69 Å². The van der Waals surface area contributed by atoms with Crippen LogP contribution in [0.25, 0.3) is 0 Å². The van der Waals surface area contributed by atoms with E-state index >= 15 is 4.79 Å². The lowest BCUT2D eigenvalue weighted by Gasteiger charge is -2.38. The van der Waals surface area contributed by atoms with Crippen LogP contribution in [0.2, 0.25) is 5.02 Å². The third-order valence-corrected chi connectivity index (χ3v) is 10.8. The van der Waals surface area contributed by atoms with Crippen LogP contribution in [-0.4, -0.2) is 71.2 Å². The van der Waals surface area contributed by atoms with Gasteiger partial charge in [-0.1, -0.05) is 100 Å². The van der Waals surface area contributed by atoms with E-state index in [2.05, 4.69) is 21.2 Å². The van der Waals surface area contributed by atoms with E-state index in [9.17, 15) is 19.5 Å². The number of cyclic esters (lactones) is 1. The second kappa shape index (κ2) is 14.1. The highest BCUT2D eigenvalue weighted by atomic mass is 79.9. The number of nitrogens with zero attached hydrogens (tertiary/aromatic N) is 2. The average molecular weight is 761 g/mol. The number of rotatable bonds is 5. The van der Waals surface area contributed by atoms with Crippen LogP contribution >= 0.6 is 27.5 Å². The molecule has 258 valence electrons. The number of fused-ring (bicyclic) bond motifs is 2. The van der Waals surface area contributed by atoms with Crippen LogP contribution in [0.1, 0.15) is 36.1 Å². The topological polar surface area (TPSA) is 125 Å². The molecule has 4 heterocycles. The number of allylic oxidation sites excluding steroid dienone is 1. The summed E-state index contributed by atoms with van der Waals surface area (Å²) in [5, 5.41) is 14.4. The van der Waals surface area contributed by atoms with E-state index in [-0.39, 0.29) is 19.6 Å². The number of esters is 1. The fourth-order valence-corrected chi connectivity index (χ4v) is 8.48. The highest BCUT2D eigenvalue weighted by Gasteiger charge is 2.75. The smallest absolute Gasteiger partial charge is 0.306 e. The van der Waals surface area contributed by atoms with Gasteiger partial charge in [-0.05, 0) is 47.9 Å². The number of likely N-dealkylation sites (tertiary alicyclic amines) is 1. The molecule has 0 aliphatic carbocycles. The molecule has 0 unspecified atom stereocenters. The zero-order valence-corrected chi connectivity index (χ0v) is 29.2. The summed E-state index contributed by atoms with van der Waals surface area (Å²) in [6.45, 7) is -0.497. The predicted molar refractivity (Wildman–Crippen MR) is 189 cm³/mol. The number of halogens is 2. The Hall–Kier alpha value is -4.29. The van der Waals surface area contributed by atoms with Crippen molar-refractivity contribution in [2.24, 2.45) is 11.8 Å². The van der Waals surface area contributed by atoms with Crippen LogP contribution in [0, 0.1) is 11.8 Å². The van der Waals surface area contributed by atoms with Crippen LogP contribution < -0.4 is 10.2 Å². The zero-order valence-electron chi connectivity index (χ0n) is 26.9. The van der Waals surface area contributed by atoms with Crippen molar-refractivity contribution in [3.05, 3.63) is 124 Å². The maximum absolute atomic E-state index is 15.2. The van der Waals surface area contributed by atoms with Gasteiger partial charge in [0.15, 0.2) is 0 Å². The maximum atomic E-state index is 15.2. The molecule has 1 spiro atoms. The number of hydrogen-bond donors (Lipinski definition) is 2. The Kier molecular flexibility index (Phi) is 9.67. The van der Waals surface area contributed by atoms with Crippen LogP contribution in [0.15, 0.2) is 108 Å². The summed E-state index contributed by atoms with van der Waals surface area (Å²) < 4.78 is 12.9. The first-order valence-electron chi connectivity index (χ1n) is 16.5. The Morgan fingerprint density at radius 1 is 0.940 bits per heavy atom. The van der Waals surface area contributed by atoms with Gasteiger partial charge in [0.1, 0.15) is 24.4 Å². The second-order valence-electron chi connectivity index (χ2n) is 12.8. The predicted octanol–water partition coefficient (Wildman–Crippen LogP) is 5.03. The monoisotopic (exact) mass is 759 g/mol. The molecule has 50 heavy (non-hydrogen) atoms. The second-order valence-corrected chi connectivity index (χ2v) is 14.1. The van der Waals surface area contributed by atoms with E-state index in [1.54, 1.807) is 66.8 Å². The molecule has 2 saturated heterocycles. The highest BCUT2D eigenvalue weighted by Crippen LogP contribution is 2.60. The van der Waals surface area contributed by atoms with Gasteiger partial charge in [0.05, 0.1) is 30.5 Å². The number of amides is 3. The van der Waals surface area contributed by atoms with Gasteiger partial charge >= 0.3 is 5.97 Å². The number of carbonyl (C=O) groups excluding carboxylic acids is 4. The molecule has 3 amide bonds. The Bertz CT molecular complexity index is 1840. The van der Waals surface area contributed by atoms with Crippen LogP contribution in [0.3, 0.4) is 0 Å². The Labute approximate surface area is 302 Å². The molecule has 7 rings (SSSR count). The number of benzene rings is 3. The van der Waals surface area contributed by atoms with Crippen molar-refractivity contribution in [3.8, 4) is 0 Å². The number of hydrogen-bond acceptors (Lipinski definition) is 7. The summed E-state index contributed by atoms with van der Waals surface area (Å²) in [6.07, 6.45) is 4.93. The van der Waals surface area contributed by atoms with Gasteiger partial charge in [-0.15, -0.1) is 0 Å². The van der Waals surface area contributed by atoms with Gasteiger partial charge in [0.25, 0.3) is 5.91 Å². The Morgan fingerprint density at radius 2 is 1.64 bits per heavy atom. The van der Waals surface area contributed by atoms with E-state index in [1.165, 1.54) is 9.80 Å². The first-order valence-corrected chi connectivity index (χ1v) is 17.7.